The number of carbonyl (C=O) groups is 1. The molecule has 0 saturated carbocycles. The van der Waals surface area contributed by atoms with Gasteiger partial charge in [-0.25, -0.2) is 0 Å². The predicted octanol–water partition coefficient (Wildman–Crippen LogP) is 2.85. The van der Waals surface area contributed by atoms with Crippen LogP contribution < -0.4 is 16.2 Å². The van der Waals surface area contributed by atoms with E-state index in [1.807, 2.05) is 0 Å². The number of nitro benzene ring substituents is 1. The van der Waals surface area contributed by atoms with Crippen LogP contribution in [0.2, 0.25) is 0 Å². The second-order valence-electron chi connectivity index (χ2n) is 6.08. The number of unbranched alkanes of at least 4 members (excludes halogenated alkanes) is 2. The summed E-state index contributed by atoms with van der Waals surface area (Å²) in [6.45, 7) is 5.10. The van der Waals surface area contributed by atoms with Crippen molar-refractivity contribution in [3.05, 3.63) is 39.9 Å². The molecule has 8 heteroatoms. The van der Waals surface area contributed by atoms with Gasteiger partial charge in [-0.1, -0.05) is 45.2 Å². The number of nitrogens with zero attached hydrogens (tertiary/aromatic N) is 1. The molecule has 0 aliphatic carbocycles. The number of hydrogen-bond donors (Lipinski definition) is 3. The fourth-order valence-electron chi connectivity index (χ4n) is 2.25. The minimum Gasteiger partial charge on any atom is -0.361 e. The fourth-order valence-corrected chi connectivity index (χ4v) is 2.38. The molecule has 3 N–H and O–H groups in total. The average molecular weight is 366 g/mol. The molecule has 0 aliphatic rings. The molecule has 0 unspecified atom stereocenters. The first-order chi connectivity index (χ1) is 11.9. The highest BCUT2D eigenvalue weighted by Crippen LogP contribution is 2.12. The Morgan fingerprint density at radius 3 is 2.52 bits per heavy atom. The zero-order valence-electron chi connectivity index (χ0n) is 14.7. The summed E-state index contributed by atoms with van der Waals surface area (Å²) in [5, 5.41) is 14.0. The van der Waals surface area contributed by atoms with Crippen molar-refractivity contribution in [2.75, 3.05) is 6.54 Å². The van der Waals surface area contributed by atoms with E-state index in [4.69, 9.17) is 12.2 Å². The van der Waals surface area contributed by atoms with Crippen LogP contribution >= 0.6 is 12.2 Å². The molecule has 0 heterocycles. The molecular formula is C17H26N4O3S. The van der Waals surface area contributed by atoms with Crippen molar-refractivity contribution < 1.29 is 9.72 Å². The van der Waals surface area contributed by atoms with Crippen LogP contribution in [0.3, 0.4) is 0 Å². The van der Waals surface area contributed by atoms with Gasteiger partial charge in [-0.2, -0.15) is 0 Å². The Balaban J connectivity index is 2.24. The molecule has 0 fully saturated rings. The van der Waals surface area contributed by atoms with E-state index in [0.717, 1.165) is 13.0 Å². The van der Waals surface area contributed by atoms with Gasteiger partial charge in [0.25, 0.3) is 5.69 Å². The number of carbonyl (C=O) groups excluding carboxylic acids is 1. The van der Waals surface area contributed by atoms with E-state index in [-0.39, 0.29) is 18.0 Å². The van der Waals surface area contributed by atoms with Crippen LogP contribution in [0.5, 0.6) is 0 Å². The fraction of sp³-hybridized carbons (Fsp3) is 0.529. The summed E-state index contributed by atoms with van der Waals surface area (Å²) in [6, 6.07) is 5.88. The van der Waals surface area contributed by atoms with Crippen molar-refractivity contribution in [3.63, 3.8) is 0 Å². The molecule has 0 aromatic heterocycles. The number of non-ortho nitro benzene ring substituents is 1. The summed E-state index contributed by atoms with van der Waals surface area (Å²) in [5.74, 6) is 0.246. The zero-order valence-corrected chi connectivity index (χ0v) is 15.5. The lowest BCUT2D eigenvalue weighted by molar-refractivity contribution is -0.384. The highest BCUT2D eigenvalue weighted by atomic mass is 32.1. The van der Waals surface area contributed by atoms with Gasteiger partial charge in [-0.05, 0) is 30.1 Å². The SMILES string of the molecule is CCCCC[C@H](C)CNC(=S)NNC(=O)Cc1ccc([N+](=O)[O-])cc1. The first-order valence-corrected chi connectivity index (χ1v) is 8.89. The van der Waals surface area contributed by atoms with E-state index >= 15 is 0 Å². The maximum absolute atomic E-state index is 11.9. The van der Waals surface area contributed by atoms with Crippen molar-refractivity contribution in [3.8, 4) is 0 Å². The van der Waals surface area contributed by atoms with Crippen molar-refractivity contribution in [2.24, 2.45) is 5.92 Å². The van der Waals surface area contributed by atoms with Gasteiger partial charge in [0.1, 0.15) is 0 Å². The first kappa shape index (κ1) is 20.8. The van der Waals surface area contributed by atoms with Crippen molar-refractivity contribution >= 4 is 28.9 Å². The molecular weight excluding hydrogens is 340 g/mol. The van der Waals surface area contributed by atoms with Crippen LogP contribution in [-0.2, 0) is 11.2 Å². The van der Waals surface area contributed by atoms with Crippen LogP contribution in [0.15, 0.2) is 24.3 Å². The molecule has 1 atom stereocenters. The van der Waals surface area contributed by atoms with Crippen LogP contribution in [0, 0.1) is 16.0 Å². The molecule has 0 aliphatic heterocycles. The lowest BCUT2D eigenvalue weighted by Gasteiger charge is -2.15. The molecule has 7 nitrogen and oxygen atoms in total. The van der Waals surface area contributed by atoms with Crippen molar-refractivity contribution in [2.45, 2.75) is 46.0 Å². The van der Waals surface area contributed by atoms with Crippen molar-refractivity contribution in [1.82, 2.24) is 16.2 Å². The Hall–Kier alpha value is -2.22. The van der Waals surface area contributed by atoms with Gasteiger partial charge in [0, 0.05) is 18.7 Å². The number of rotatable bonds is 9. The van der Waals surface area contributed by atoms with Crippen LogP contribution in [0.4, 0.5) is 5.69 Å². The van der Waals surface area contributed by atoms with Gasteiger partial charge in [-0.15, -0.1) is 0 Å². The molecule has 1 aromatic carbocycles. The average Bonchev–Trinajstić information content (AvgIpc) is 2.59. The second kappa shape index (κ2) is 11.4. The third-order valence-electron chi connectivity index (χ3n) is 3.74. The second-order valence-corrected chi connectivity index (χ2v) is 6.49. The van der Waals surface area contributed by atoms with Gasteiger partial charge < -0.3 is 5.32 Å². The number of hydrazine groups is 1. The van der Waals surface area contributed by atoms with E-state index in [2.05, 4.69) is 30.0 Å². The summed E-state index contributed by atoms with van der Waals surface area (Å²) in [7, 11) is 0. The minimum atomic E-state index is -0.473. The molecule has 0 spiro atoms. The molecule has 1 amide bonds. The van der Waals surface area contributed by atoms with Crippen LogP contribution in [-0.4, -0.2) is 22.5 Å². The Morgan fingerprint density at radius 2 is 1.92 bits per heavy atom. The molecule has 1 aromatic rings. The number of hydrogen-bond acceptors (Lipinski definition) is 4. The van der Waals surface area contributed by atoms with Gasteiger partial charge >= 0.3 is 0 Å². The van der Waals surface area contributed by atoms with Gasteiger partial charge in [0.05, 0.1) is 11.3 Å². The van der Waals surface area contributed by atoms with E-state index in [1.165, 1.54) is 31.4 Å². The summed E-state index contributed by atoms with van der Waals surface area (Å²) >= 11 is 5.12. The van der Waals surface area contributed by atoms with Gasteiger partial charge in [0.15, 0.2) is 5.11 Å². The Morgan fingerprint density at radius 1 is 1.24 bits per heavy atom. The largest absolute Gasteiger partial charge is 0.361 e. The Labute approximate surface area is 153 Å². The Kier molecular flexibility index (Phi) is 9.46. The first-order valence-electron chi connectivity index (χ1n) is 8.48. The topological polar surface area (TPSA) is 96.3 Å². The molecule has 0 saturated heterocycles. The smallest absolute Gasteiger partial charge is 0.269 e. The maximum Gasteiger partial charge on any atom is 0.269 e. The van der Waals surface area contributed by atoms with Gasteiger partial charge in [0.2, 0.25) is 5.91 Å². The van der Waals surface area contributed by atoms with E-state index in [0.29, 0.717) is 16.6 Å². The zero-order chi connectivity index (χ0) is 18.7. The van der Waals surface area contributed by atoms with E-state index in [1.54, 1.807) is 12.1 Å². The quantitative estimate of drug-likeness (QED) is 0.269. The standard InChI is InChI=1S/C17H26N4O3S/c1-3-4-5-6-13(2)12-18-17(25)20-19-16(22)11-14-7-9-15(10-8-14)21(23)24/h7-10,13H,3-6,11-12H2,1-2H3,(H,19,22)(H2,18,20,25)/t13-/m0/s1. The van der Waals surface area contributed by atoms with E-state index in [9.17, 15) is 14.9 Å². The van der Waals surface area contributed by atoms with Gasteiger partial charge in [-0.3, -0.25) is 25.8 Å². The minimum absolute atomic E-state index is 0.000664. The van der Waals surface area contributed by atoms with Crippen LogP contribution in [0.1, 0.15) is 45.1 Å². The maximum atomic E-state index is 11.9. The number of benzene rings is 1. The monoisotopic (exact) mass is 366 g/mol. The summed E-state index contributed by atoms with van der Waals surface area (Å²) < 4.78 is 0. The third-order valence-corrected chi connectivity index (χ3v) is 3.99. The predicted molar refractivity (Wildman–Crippen MR) is 102 cm³/mol. The number of amides is 1. The molecule has 0 radical (unpaired) electrons. The number of nitro groups is 1. The number of thiocarbonyl (C=S) groups is 1. The molecule has 1 rings (SSSR count). The summed E-state index contributed by atoms with van der Waals surface area (Å²) in [5.41, 5.74) is 5.87. The van der Waals surface area contributed by atoms with E-state index < -0.39 is 4.92 Å². The van der Waals surface area contributed by atoms with Crippen molar-refractivity contribution in [1.29, 1.82) is 0 Å². The highest BCUT2D eigenvalue weighted by Gasteiger charge is 2.08. The highest BCUT2D eigenvalue weighted by molar-refractivity contribution is 7.80. The summed E-state index contributed by atoms with van der Waals surface area (Å²) in [4.78, 5) is 22.0. The Bertz CT molecular complexity index is 578. The lowest BCUT2D eigenvalue weighted by atomic mass is 10.0. The molecule has 25 heavy (non-hydrogen) atoms. The molecule has 0 bridgehead atoms. The normalized spacial score (nSPS) is 11.4. The number of nitrogens with one attached hydrogen (secondary N) is 3. The lowest BCUT2D eigenvalue weighted by Crippen LogP contribution is -2.48. The third kappa shape index (κ3) is 8.99. The molecule has 138 valence electrons. The van der Waals surface area contributed by atoms with Crippen LogP contribution in [0.25, 0.3) is 0 Å². The summed E-state index contributed by atoms with van der Waals surface area (Å²) in [6.07, 6.45) is 4.93.